The van der Waals surface area contributed by atoms with Gasteiger partial charge in [0.05, 0.1) is 0 Å². The number of rotatable bonds is 5. The van der Waals surface area contributed by atoms with E-state index >= 15 is 0 Å². The largest absolute Gasteiger partial charge is 0.356 e. The molecule has 8 heteroatoms. The van der Waals surface area contributed by atoms with Gasteiger partial charge >= 0.3 is 0 Å². The van der Waals surface area contributed by atoms with Gasteiger partial charge < -0.3 is 20.4 Å². The molecule has 0 radical (unpaired) electrons. The van der Waals surface area contributed by atoms with Crippen molar-refractivity contribution in [1.82, 2.24) is 25.5 Å². The van der Waals surface area contributed by atoms with Crippen molar-refractivity contribution in [2.75, 3.05) is 44.7 Å². The van der Waals surface area contributed by atoms with Crippen LogP contribution in [0.1, 0.15) is 20.3 Å². The number of nitrogens with zero attached hydrogens (tertiary/aromatic N) is 5. The Hall–Kier alpha value is -2.38. The molecular weight excluding hydrogens is 306 g/mol. The second-order valence-electron chi connectivity index (χ2n) is 5.97. The van der Waals surface area contributed by atoms with E-state index in [4.69, 9.17) is 0 Å². The Morgan fingerprint density at radius 3 is 2.50 bits per heavy atom. The van der Waals surface area contributed by atoms with Crippen molar-refractivity contribution in [3.8, 4) is 0 Å². The lowest BCUT2D eigenvalue weighted by molar-refractivity contribution is -0.121. The Morgan fingerprint density at radius 1 is 1.25 bits per heavy atom. The Kier molecular flexibility index (Phi) is 6.77. The van der Waals surface area contributed by atoms with Crippen molar-refractivity contribution in [3.63, 3.8) is 0 Å². The molecule has 2 N–H and O–H groups in total. The van der Waals surface area contributed by atoms with E-state index in [0.717, 1.165) is 38.1 Å². The predicted molar refractivity (Wildman–Crippen MR) is 95.1 cm³/mol. The van der Waals surface area contributed by atoms with Gasteiger partial charge in [0.15, 0.2) is 5.96 Å². The maximum atomic E-state index is 11.7. The number of guanidine groups is 1. The molecular formula is C16H27N7O. The molecule has 0 aliphatic carbocycles. The van der Waals surface area contributed by atoms with Gasteiger partial charge in [0, 0.05) is 64.6 Å². The van der Waals surface area contributed by atoms with Crippen LogP contribution in [0.15, 0.2) is 23.5 Å². The molecule has 0 spiro atoms. The van der Waals surface area contributed by atoms with Gasteiger partial charge in [-0.2, -0.15) is 0 Å². The summed E-state index contributed by atoms with van der Waals surface area (Å²) < 4.78 is 0. The Bertz CT molecular complexity index is 539. The summed E-state index contributed by atoms with van der Waals surface area (Å²) in [6, 6.07) is 1.99. The van der Waals surface area contributed by atoms with Crippen molar-refractivity contribution in [3.05, 3.63) is 18.5 Å². The second kappa shape index (κ2) is 9.05. The lowest BCUT2D eigenvalue weighted by Gasteiger charge is -2.36. The van der Waals surface area contributed by atoms with Crippen LogP contribution < -0.4 is 15.5 Å². The van der Waals surface area contributed by atoms with E-state index in [1.807, 2.05) is 19.9 Å². The van der Waals surface area contributed by atoms with Crippen LogP contribution in [0.5, 0.6) is 0 Å². The van der Waals surface area contributed by atoms with Crippen molar-refractivity contribution in [2.24, 2.45) is 4.99 Å². The van der Waals surface area contributed by atoms with Gasteiger partial charge in [-0.15, -0.1) is 0 Å². The number of carbonyl (C=O) groups excluding carboxylic acids is 1. The average Bonchev–Trinajstić information content (AvgIpc) is 2.59. The van der Waals surface area contributed by atoms with Crippen LogP contribution in [-0.4, -0.2) is 72.5 Å². The van der Waals surface area contributed by atoms with Gasteiger partial charge in [0.1, 0.15) is 0 Å². The minimum Gasteiger partial charge on any atom is -0.356 e. The molecule has 1 aliphatic rings. The van der Waals surface area contributed by atoms with Gasteiger partial charge in [-0.1, -0.05) is 0 Å². The molecule has 0 atom stereocenters. The summed E-state index contributed by atoms with van der Waals surface area (Å²) in [6.07, 6.45) is 3.96. The third-order valence-electron chi connectivity index (χ3n) is 3.71. The van der Waals surface area contributed by atoms with Gasteiger partial charge in [0.2, 0.25) is 11.9 Å². The van der Waals surface area contributed by atoms with Crippen molar-refractivity contribution in [2.45, 2.75) is 26.3 Å². The topological polar surface area (TPSA) is 85.8 Å². The van der Waals surface area contributed by atoms with Crippen LogP contribution in [-0.2, 0) is 4.79 Å². The quantitative estimate of drug-likeness (QED) is 0.587. The fourth-order valence-electron chi connectivity index (χ4n) is 2.59. The molecule has 0 unspecified atom stereocenters. The van der Waals surface area contributed by atoms with Crippen LogP contribution in [0.25, 0.3) is 0 Å². The van der Waals surface area contributed by atoms with E-state index in [1.54, 1.807) is 19.4 Å². The molecule has 0 saturated carbocycles. The number of carbonyl (C=O) groups is 1. The van der Waals surface area contributed by atoms with E-state index in [2.05, 4.69) is 35.4 Å². The molecule has 1 fully saturated rings. The maximum Gasteiger partial charge on any atom is 0.225 e. The summed E-state index contributed by atoms with van der Waals surface area (Å²) >= 11 is 0. The molecule has 2 rings (SSSR count). The monoisotopic (exact) mass is 333 g/mol. The number of nitrogens with one attached hydrogen (secondary N) is 2. The first-order valence-electron chi connectivity index (χ1n) is 8.37. The summed E-state index contributed by atoms with van der Waals surface area (Å²) in [5.41, 5.74) is 0. The van der Waals surface area contributed by atoms with Gasteiger partial charge in [-0.3, -0.25) is 9.79 Å². The number of hydrogen-bond acceptors (Lipinski definition) is 5. The first-order chi connectivity index (χ1) is 11.6. The minimum absolute atomic E-state index is 0.0546. The van der Waals surface area contributed by atoms with Gasteiger partial charge in [-0.25, -0.2) is 9.97 Å². The van der Waals surface area contributed by atoms with Crippen LogP contribution in [0.4, 0.5) is 5.95 Å². The molecule has 2 heterocycles. The zero-order valence-corrected chi connectivity index (χ0v) is 14.7. The third-order valence-corrected chi connectivity index (χ3v) is 3.71. The van der Waals surface area contributed by atoms with Crippen LogP contribution >= 0.6 is 0 Å². The fourth-order valence-corrected chi connectivity index (χ4v) is 2.59. The average molecular weight is 333 g/mol. The summed E-state index contributed by atoms with van der Waals surface area (Å²) in [6.45, 7) is 7.87. The SMILES string of the molecule is CN=C(NCCC(=O)NC(C)C)N1CCN(c2ncccn2)CC1. The normalized spacial score (nSPS) is 15.6. The highest BCUT2D eigenvalue weighted by Gasteiger charge is 2.21. The van der Waals surface area contributed by atoms with Crippen LogP contribution in [0, 0.1) is 0 Å². The second-order valence-corrected chi connectivity index (χ2v) is 5.97. The molecule has 1 aromatic heterocycles. The molecule has 0 aromatic carbocycles. The highest BCUT2D eigenvalue weighted by atomic mass is 16.1. The number of hydrogen-bond donors (Lipinski definition) is 2. The van der Waals surface area contributed by atoms with Crippen LogP contribution in [0.3, 0.4) is 0 Å². The fraction of sp³-hybridized carbons (Fsp3) is 0.625. The third kappa shape index (κ3) is 5.36. The zero-order valence-electron chi connectivity index (χ0n) is 14.7. The number of piperazine rings is 1. The Labute approximate surface area is 143 Å². The van der Waals surface area contributed by atoms with E-state index in [9.17, 15) is 4.79 Å². The lowest BCUT2D eigenvalue weighted by atomic mass is 10.3. The highest BCUT2D eigenvalue weighted by molar-refractivity contribution is 5.81. The first-order valence-corrected chi connectivity index (χ1v) is 8.37. The summed E-state index contributed by atoms with van der Waals surface area (Å²) in [5.74, 6) is 1.66. The number of amides is 1. The maximum absolute atomic E-state index is 11.7. The molecule has 132 valence electrons. The van der Waals surface area contributed by atoms with Crippen LogP contribution in [0.2, 0.25) is 0 Å². The van der Waals surface area contributed by atoms with E-state index in [0.29, 0.717) is 13.0 Å². The van der Waals surface area contributed by atoms with E-state index in [1.165, 1.54) is 0 Å². The summed E-state index contributed by atoms with van der Waals surface area (Å²) in [4.78, 5) is 28.9. The highest BCUT2D eigenvalue weighted by Crippen LogP contribution is 2.09. The Morgan fingerprint density at radius 2 is 1.92 bits per heavy atom. The molecule has 1 aromatic rings. The summed E-state index contributed by atoms with van der Waals surface area (Å²) in [5, 5.41) is 6.15. The molecule has 1 amide bonds. The number of aliphatic imine (C=N–C) groups is 1. The van der Waals surface area contributed by atoms with Gasteiger partial charge in [-0.05, 0) is 19.9 Å². The van der Waals surface area contributed by atoms with Gasteiger partial charge in [0.25, 0.3) is 0 Å². The van der Waals surface area contributed by atoms with Crippen molar-refractivity contribution >= 4 is 17.8 Å². The predicted octanol–water partition coefficient (Wildman–Crippen LogP) is 0.0887. The molecule has 1 aliphatic heterocycles. The number of anilines is 1. The molecule has 0 bridgehead atoms. The zero-order chi connectivity index (χ0) is 17.4. The van der Waals surface area contributed by atoms with Crippen molar-refractivity contribution < 1.29 is 4.79 Å². The molecule has 24 heavy (non-hydrogen) atoms. The molecule has 8 nitrogen and oxygen atoms in total. The molecule has 1 saturated heterocycles. The number of aromatic nitrogens is 2. The Balaban J connectivity index is 1.76. The lowest BCUT2D eigenvalue weighted by Crippen LogP contribution is -2.53. The standard InChI is InChI=1S/C16H27N7O/c1-13(2)21-14(24)5-8-20-15(17-3)22-9-11-23(12-10-22)16-18-6-4-7-19-16/h4,6-7,13H,5,8-12H2,1-3H3,(H,17,20)(H,21,24). The van der Waals surface area contributed by atoms with Crippen molar-refractivity contribution in [1.29, 1.82) is 0 Å². The first kappa shape index (κ1) is 18.0. The van der Waals surface area contributed by atoms with E-state index in [-0.39, 0.29) is 11.9 Å². The smallest absolute Gasteiger partial charge is 0.225 e. The summed E-state index contributed by atoms with van der Waals surface area (Å²) in [7, 11) is 1.77. The van der Waals surface area contributed by atoms with E-state index < -0.39 is 0 Å². The minimum atomic E-state index is 0.0546.